The smallest absolute Gasteiger partial charge is 0.319 e. The molecule has 0 aromatic heterocycles. The molecular formula is C15H17N3O3. The molecular weight excluding hydrogens is 270 g/mol. The van der Waals surface area contributed by atoms with E-state index in [1.807, 2.05) is 6.07 Å². The Hall–Kier alpha value is -2.55. The second kappa shape index (κ2) is 6.27. The summed E-state index contributed by atoms with van der Waals surface area (Å²) < 4.78 is 0. The highest BCUT2D eigenvalue weighted by Crippen LogP contribution is 2.32. The molecule has 0 atom stereocenters. The Balaban J connectivity index is 1.99. The van der Waals surface area contributed by atoms with E-state index in [1.165, 1.54) is 0 Å². The minimum atomic E-state index is -0.907. The summed E-state index contributed by atoms with van der Waals surface area (Å²) in [7, 11) is 0. The van der Waals surface area contributed by atoms with Crippen LogP contribution in [-0.4, -0.2) is 22.6 Å². The number of nitriles is 1. The van der Waals surface area contributed by atoms with Crippen LogP contribution in [0, 0.1) is 11.3 Å². The van der Waals surface area contributed by atoms with E-state index in [0.717, 1.165) is 12.8 Å². The van der Waals surface area contributed by atoms with E-state index >= 15 is 0 Å². The van der Waals surface area contributed by atoms with Crippen molar-refractivity contribution >= 4 is 17.7 Å². The monoisotopic (exact) mass is 287 g/mol. The molecule has 1 aromatic carbocycles. The average molecular weight is 287 g/mol. The number of carbonyl (C=O) groups excluding carboxylic acids is 1. The third kappa shape index (κ3) is 3.96. The van der Waals surface area contributed by atoms with Crippen LogP contribution >= 0.6 is 0 Å². The lowest BCUT2D eigenvalue weighted by Crippen LogP contribution is -2.49. The van der Waals surface area contributed by atoms with Gasteiger partial charge in [-0.05, 0) is 37.1 Å². The summed E-state index contributed by atoms with van der Waals surface area (Å²) in [5, 5.41) is 23.2. The van der Waals surface area contributed by atoms with Gasteiger partial charge in [0.2, 0.25) is 0 Å². The first-order valence-electron chi connectivity index (χ1n) is 6.84. The highest BCUT2D eigenvalue weighted by Gasteiger charge is 2.37. The number of amides is 2. The molecule has 110 valence electrons. The fourth-order valence-electron chi connectivity index (χ4n) is 2.72. The van der Waals surface area contributed by atoms with Crippen LogP contribution in [0.1, 0.15) is 37.7 Å². The predicted molar refractivity (Wildman–Crippen MR) is 76.8 cm³/mol. The molecule has 0 saturated heterocycles. The summed E-state index contributed by atoms with van der Waals surface area (Å²) in [5.41, 5.74) is 0.428. The van der Waals surface area contributed by atoms with Gasteiger partial charge in [-0.1, -0.05) is 12.8 Å². The quantitative estimate of drug-likeness (QED) is 0.791. The van der Waals surface area contributed by atoms with Gasteiger partial charge in [0.05, 0.1) is 23.6 Å². The summed E-state index contributed by atoms with van der Waals surface area (Å²) in [5.74, 6) is -0.907. The number of urea groups is 1. The number of aliphatic carboxylic acids is 1. The number of nitrogens with zero attached hydrogens (tertiary/aromatic N) is 1. The van der Waals surface area contributed by atoms with E-state index in [4.69, 9.17) is 10.4 Å². The molecule has 2 amide bonds. The predicted octanol–water partition coefficient (Wildman–Crippen LogP) is 2.47. The van der Waals surface area contributed by atoms with E-state index in [-0.39, 0.29) is 6.42 Å². The SMILES string of the molecule is N#Cc1ccc(NC(=O)NC2(CC(=O)O)CCCC2)cc1. The van der Waals surface area contributed by atoms with Gasteiger partial charge in [0.1, 0.15) is 0 Å². The topological polar surface area (TPSA) is 102 Å². The second-order valence-electron chi connectivity index (χ2n) is 5.33. The van der Waals surface area contributed by atoms with Crippen molar-refractivity contribution in [3.8, 4) is 6.07 Å². The molecule has 3 N–H and O–H groups in total. The molecule has 1 fully saturated rings. The first-order valence-corrected chi connectivity index (χ1v) is 6.84. The van der Waals surface area contributed by atoms with Crippen LogP contribution in [0.2, 0.25) is 0 Å². The first-order chi connectivity index (χ1) is 10.0. The molecule has 6 heteroatoms. The van der Waals surface area contributed by atoms with Crippen molar-refractivity contribution in [2.24, 2.45) is 0 Å². The molecule has 0 heterocycles. The molecule has 1 saturated carbocycles. The lowest BCUT2D eigenvalue weighted by molar-refractivity contribution is -0.138. The zero-order valence-corrected chi connectivity index (χ0v) is 11.6. The van der Waals surface area contributed by atoms with Gasteiger partial charge in [-0.25, -0.2) is 4.79 Å². The van der Waals surface area contributed by atoms with Crippen molar-refractivity contribution in [1.29, 1.82) is 5.26 Å². The van der Waals surface area contributed by atoms with E-state index in [0.29, 0.717) is 24.1 Å². The minimum Gasteiger partial charge on any atom is -0.481 e. The maximum atomic E-state index is 12.0. The van der Waals surface area contributed by atoms with Gasteiger partial charge in [0, 0.05) is 5.69 Å². The van der Waals surface area contributed by atoms with Crippen LogP contribution in [0.5, 0.6) is 0 Å². The number of carboxylic acids is 1. The van der Waals surface area contributed by atoms with Crippen molar-refractivity contribution < 1.29 is 14.7 Å². The molecule has 0 spiro atoms. The largest absolute Gasteiger partial charge is 0.481 e. The summed E-state index contributed by atoms with van der Waals surface area (Å²) in [6, 6.07) is 8.08. The number of hydrogen-bond donors (Lipinski definition) is 3. The molecule has 1 aromatic rings. The fraction of sp³-hybridized carbons (Fsp3) is 0.400. The van der Waals surface area contributed by atoms with Crippen LogP contribution in [0.25, 0.3) is 0 Å². The molecule has 21 heavy (non-hydrogen) atoms. The Bertz CT molecular complexity index is 569. The molecule has 2 rings (SSSR count). The van der Waals surface area contributed by atoms with Gasteiger partial charge in [-0.3, -0.25) is 4.79 Å². The van der Waals surface area contributed by atoms with Crippen LogP contribution in [0.4, 0.5) is 10.5 Å². The van der Waals surface area contributed by atoms with E-state index in [1.54, 1.807) is 24.3 Å². The third-order valence-corrected chi connectivity index (χ3v) is 3.70. The van der Waals surface area contributed by atoms with Gasteiger partial charge in [0.25, 0.3) is 0 Å². The Morgan fingerprint density at radius 1 is 1.24 bits per heavy atom. The fourth-order valence-corrected chi connectivity index (χ4v) is 2.72. The summed E-state index contributed by atoms with van der Waals surface area (Å²) in [4.78, 5) is 23.0. The molecule has 0 radical (unpaired) electrons. The van der Waals surface area contributed by atoms with Gasteiger partial charge in [-0.2, -0.15) is 5.26 Å². The lowest BCUT2D eigenvalue weighted by Gasteiger charge is -2.28. The van der Waals surface area contributed by atoms with Crippen LogP contribution in [0.3, 0.4) is 0 Å². The van der Waals surface area contributed by atoms with Gasteiger partial charge < -0.3 is 15.7 Å². The van der Waals surface area contributed by atoms with Crippen LogP contribution in [-0.2, 0) is 4.79 Å². The third-order valence-electron chi connectivity index (χ3n) is 3.70. The normalized spacial score (nSPS) is 16.0. The molecule has 0 aliphatic heterocycles. The number of benzene rings is 1. The van der Waals surface area contributed by atoms with Crippen LogP contribution < -0.4 is 10.6 Å². The second-order valence-corrected chi connectivity index (χ2v) is 5.33. The molecule has 0 bridgehead atoms. The number of hydrogen-bond acceptors (Lipinski definition) is 3. The summed E-state index contributed by atoms with van der Waals surface area (Å²) >= 11 is 0. The van der Waals surface area contributed by atoms with E-state index in [9.17, 15) is 9.59 Å². The van der Waals surface area contributed by atoms with Crippen molar-refractivity contribution in [3.63, 3.8) is 0 Å². The molecule has 6 nitrogen and oxygen atoms in total. The van der Waals surface area contributed by atoms with Gasteiger partial charge in [0.15, 0.2) is 0 Å². The highest BCUT2D eigenvalue weighted by molar-refractivity contribution is 5.90. The van der Waals surface area contributed by atoms with Crippen molar-refractivity contribution in [3.05, 3.63) is 29.8 Å². The Morgan fingerprint density at radius 3 is 2.38 bits per heavy atom. The summed E-state index contributed by atoms with van der Waals surface area (Å²) in [6.07, 6.45) is 3.14. The minimum absolute atomic E-state index is 0.0617. The van der Waals surface area contributed by atoms with Gasteiger partial charge in [-0.15, -0.1) is 0 Å². The van der Waals surface area contributed by atoms with E-state index in [2.05, 4.69) is 10.6 Å². The van der Waals surface area contributed by atoms with Crippen molar-refractivity contribution in [2.75, 3.05) is 5.32 Å². The molecule has 0 unspecified atom stereocenters. The average Bonchev–Trinajstić information content (AvgIpc) is 2.86. The highest BCUT2D eigenvalue weighted by atomic mass is 16.4. The number of rotatable bonds is 4. The number of nitrogens with one attached hydrogen (secondary N) is 2. The Kier molecular flexibility index (Phi) is 4.43. The zero-order chi connectivity index (χ0) is 15.3. The van der Waals surface area contributed by atoms with Crippen molar-refractivity contribution in [1.82, 2.24) is 5.32 Å². The number of carbonyl (C=O) groups is 2. The standard InChI is InChI=1S/C15H17N3O3/c16-10-11-3-5-12(6-4-11)17-14(21)18-15(9-13(19)20)7-1-2-8-15/h3-6H,1-2,7-9H2,(H,19,20)(H2,17,18,21). The Morgan fingerprint density at radius 2 is 1.86 bits per heavy atom. The summed E-state index contributed by atoms with van der Waals surface area (Å²) in [6.45, 7) is 0. The van der Waals surface area contributed by atoms with Gasteiger partial charge >= 0.3 is 12.0 Å². The van der Waals surface area contributed by atoms with Crippen molar-refractivity contribution in [2.45, 2.75) is 37.6 Å². The van der Waals surface area contributed by atoms with Crippen LogP contribution in [0.15, 0.2) is 24.3 Å². The maximum Gasteiger partial charge on any atom is 0.319 e. The zero-order valence-electron chi connectivity index (χ0n) is 11.6. The van der Waals surface area contributed by atoms with E-state index < -0.39 is 17.5 Å². The molecule has 1 aliphatic carbocycles. The lowest BCUT2D eigenvalue weighted by atomic mass is 9.93. The Labute approximate surface area is 122 Å². The number of carboxylic acid groups (broad SMARTS) is 1. The maximum absolute atomic E-state index is 12.0. The number of anilines is 1. The first kappa shape index (κ1) is 14.9. The molecule has 1 aliphatic rings.